The predicted molar refractivity (Wildman–Crippen MR) is 118 cm³/mol. The maximum absolute atomic E-state index is 12.6. The first-order valence-electron chi connectivity index (χ1n) is 10.6. The van der Waals surface area contributed by atoms with Crippen molar-refractivity contribution in [2.45, 2.75) is 58.7 Å². The number of amides is 1. The molecule has 1 fully saturated rings. The van der Waals surface area contributed by atoms with Gasteiger partial charge in [-0.25, -0.2) is 9.31 Å². The van der Waals surface area contributed by atoms with Crippen molar-refractivity contribution in [3.8, 4) is 22.9 Å². The Morgan fingerprint density at radius 3 is 2.69 bits per heavy atom. The van der Waals surface area contributed by atoms with Gasteiger partial charge in [-0.3, -0.25) is 4.68 Å². The number of hydrogen-bond donors (Lipinski definition) is 0. The van der Waals surface area contributed by atoms with Crippen molar-refractivity contribution in [1.29, 1.82) is 5.26 Å². The molecule has 0 bridgehead atoms. The maximum Gasteiger partial charge on any atom is 0.410 e. The number of likely N-dealkylation sites (tertiary alicyclic amines) is 1. The average molecular weight is 437 g/mol. The molecule has 0 radical (unpaired) electrons. The SMILES string of the molecule is COc1cc(-c2cnn([C@@H]3C[C@@H](C)N(C(=O)OC(C)(C)C)C3)c2C)cn2ncc(C#N)c12. The number of nitriles is 1. The molecule has 1 amide bonds. The fourth-order valence-electron chi connectivity index (χ4n) is 4.30. The van der Waals surface area contributed by atoms with Crippen LogP contribution in [0.15, 0.2) is 24.7 Å². The lowest BCUT2D eigenvalue weighted by Gasteiger charge is -2.26. The van der Waals surface area contributed by atoms with E-state index in [1.54, 1.807) is 16.5 Å². The fourth-order valence-corrected chi connectivity index (χ4v) is 4.30. The molecule has 0 aromatic carbocycles. The molecule has 1 aliphatic rings. The van der Waals surface area contributed by atoms with Crippen LogP contribution in [0.25, 0.3) is 16.6 Å². The van der Waals surface area contributed by atoms with Gasteiger partial charge >= 0.3 is 6.09 Å². The van der Waals surface area contributed by atoms with E-state index in [-0.39, 0.29) is 18.2 Å². The van der Waals surface area contributed by atoms with Gasteiger partial charge in [0.25, 0.3) is 0 Å². The summed E-state index contributed by atoms with van der Waals surface area (Å²) >= 11 is 0. The van der Waals surface area contributed by atoms with Crippen LogP contribution in [-0.4, -0.2) is 55.7 Å². The molecule has 1 saturated heterocycles. The highest BCUT2D eigenvalue weighted by Crippen LogP contribution is 2.34. The average Bonchev–Trinajstić information content (AvgIpc) is 3.42. The van der Waals surface area contributed by atoms with E-state index < -0.39 is 5.60 Å². The third-order valence-corrected chi connectivity index (χ3v) is 5.80. The summed E-state index contributed by atoms with van der Waals surface area (Å²) in [5, 5.41) is 18.3. The molecule has 0 N–H and O–H groups in total. The van der Waals surface area contributed by atoms with Crippen LogP contribution in [0.2, 0.25) is 0 Å². The van der Waals surface area contributed by atoms with Gasteiger partial charge in [-0.15, -0.1) is 0 Å². The summed E-state index contributed by atoms with van der Waals surface area (Å²) in [4.78, 5) is 14.4. The van der Waals surface area contributed by atoms with Crippen LogP contribution in [0.4, 0.5) is 4.79 Å². The highest BCUT2D eigenvalue weighted by atomic mass is 16.6. The van der Waals surface area contributed by atoms with Gasteiger partial charge in [0.2, 0.25) is 0 Å². The Morgan fingerprint density at radius 1 is 1.28 bits per heavy atom. The number of carbonyl (C=O) groups excluding carboxylic acids is 1. The molecule has 0 saturated carbocycles. The quantitative estimate of drug-likeness (QED) is 0.616. The third-order valence-electron chi connectivity index (χ3n) is 5.80. The topological polar surface area (TPSA) is 97.7 Å². The normalized spacial score (nSPS) is 18.7. The van der Waals surface area contributed by atoms with Crippen molar-refractivity contribution in [3.05, 3.63) is 35.9 Å². The molecule has 4 rings (SSSR count). The number of hydrogen-bond acceptors (Lipinski definition) is 6. The molecule has 9 heteroatoms. The molecule has 3 aromatic rings. The molecule has 9 nitrogen and oxygen atoms in total. The van der Waals surface area contributed by atoms with Gasteiger partial charge in [-0.1, -0.05) is 0 Å². The monoisotopic (exact) mass is 436 g/mol. The Kier molecular flexibility index (Phi) is 5.33. The zero-order chi connectivity index (χ0) is 23.2. The van der Waals surface area contributed by atoms with Crippen molar-refractivity contribution >= 4 is 11.6 Å². The summed E-state index contributed by atoms with van der Waals surface area (Å²) in [6.45, 7) is 10.2. The summed E-state index contributed by atoms with van der Waals surface area (Å²) in [5.41, 5.74) is 3.40. The van der Waals surface area contributed by atoms with Crippen molar-refractivity contribution in [2.24, 2.45) is 0 Å². The van der Waals surface area contributed by atoms with Crippen molar-refractivity contribution in [2.75, 3.05) is 13.7 Å². The van der Waals surface area contributed by atoms with Crippen LogP contribution >= 0.6 is 0 Å². The highest BCUT2D eigenvalue weighted by Gasteiger charge is 2.37. The Hall–Kier alpha value is -3.54. The van der Waals surface area contributed by atoms with Crippen LogP contribution < -0.4 is 4.74 Å². The first kappa shape index (κ1) is 21.7. The molecule has 32 heavy (non-hydrogen) atoms. The Labute approximate surface area is 187 Å². The zero-order valence-electron chi connectivity index (χ0n) is 19.3. The minimum absolute atomic E-state index is 0.0618. The molecule has 0 spiro atoms. The summed E-state index contributed by atoms with van der Waals surface area (Å²) < 4.78 is 14.7. The second-order valence-electron chi connectivity index (χ2n) is 9.22. The minimum atomic E-state index is -0.528. The zero-order valence-corrected chi connectivity index (χ0v) is 19.3. The lowest BCUT2D eigenvalue weighted by Crippen LogP contribution is -2.39. The first-order chi connectivity index (χ1) is 15.1. The van der Waals surface area contributed by atoms with Crippen LogP contribution in [0, 0.1) is 18.3 Å². The minimum Gasteiger partial charge on any atom is -0.494 e. The van der Waals surface area contributed by atoms with Gasteiger partial charge in [0.15, 0.2) is 0 Å². The van der Waals surface area contributed by atoms with Gasteiger partial charge in [-0.2, -0.15) is 15.5 Å². The number of methoxy groups -OCH3 is 1. The number of fused-ring (bicyclic) bond motifs is 1. The molecular weight excluding hydrogens is 408 g/mol. The van der Waals surface area contributed by atoms with Crippen LogP contribution in [0.5, 0.6) is 5.75 Å². The van der Waals surface area contributed by atoms with E-state index in [9.17, 15) is 10.1 Å². The van der Waals surface area contributed by atoms with E-state index in [1.807, 2.05) is 57.8 Å². The van der Waals surface area contributed by atoms with Gasteiger partial charge < -0.3 is 14.4 Å². The molecule has 1 aliphatic heterocycles. The number of pyridine rings is 1. The second-order valence-corrected chi connectivity index (χ2v) is 9.22. The van der Waals surface area contributed by atoms with E-state index in [0.29, 0.717) is 23.4 Å². The van der Waals surface area contributed by atoms with E-state index in [2.05, 4.69) is 16.3 Å². The molecule has 3 aromatic heterocycles. The largest absolute Gasteiger partial charge is 0.494 e. The van der Waals surface area contributed by atoms with E-state index in [0.717, 1.165) is 23.2 Å². The standard InChI is InChI=1S/C23H28N6O3/c1-14-7-18(13-27(14)22(30)32-23(3,4)5)29-15(2)19(11-26-29)16-8-20(31-6)21-17(9-24)10-25-28(21)12-16/h8,10-12,14,18H,7,13H2,1-6H3/t14-,18-/m1/s1. The second kappa shape index (κ2) is 7.86. The van der Waals surface area contributed by atoms with Crippen LogP contribution in [0.1, 0.15) is 51.4 Å². The van der Waals surface area contributed by atoms with Crippen molar-refractivity contribution in [1.82, 2.24) is 24.3 Å². The summed E-state index contributed by atoms with van der Waals surface area (Å²) in [5.74, 6) is 0.578. The van der Waals surface area contributed by atoms with Gasteiger partial charge in [0.1, 0.15) is 28.5 Å². The predicted octanol–water partition coefficient (Wildman–Crippen LogP) is 3.96. The maximum atomic E-state index is 12.6. The molecule has 2 atom stereocenters. The molecule has 0 unspecified atom stereocenters. The van der Waals surface area contributed by atoms with E-state index in [1.165, 1.54) is 6.20 Å². The van der Waals surface area contributed by atoms with E-state index in [4.69, 9.17) is 9.47 Å². The lowest BCUT2D eigenvalue weighted by molar-refractivity contribution is 0.0234. The van der Waals surface area contributed by atoms with E-state index >= 15 is 0 Å². The van der Waals surface area contributed by atoms with Gasteiger partial charge in [0.05, 0.1) is 25.5 Å². The Bertz CT molecular complexity index is 1210. The number of nitrogens with zero attached hydrogens (tertiary/aromatic N) is 6. The number of aromatic nitrogens is 4. The Morgan fingerprint density at radius 2 is 2.03 bits per heavy atom. The fraction of sp³-hybridized carbons (Fsp3) is 0.478. The molecule has 4 heterocycles. The summed E-state index contributed by atoms with van der Waals surface area (Å²) in [7, 11) is 1.58. The molecular formula is C23H28N6O3. The van der Waals surface area contributed by atoms with Crippen molar-refractivity contribution in [3.63, 3.8) is 0 Å². The Balaban J connectivity index is 1.64. The third kappa shape index (κ3) is 3.77. The summed E-state index contributed by atoms with van der Waals surface area (Å²) in [6, 6.07) is 4.17. The van der Waals surface area contributed by atoms with Crippen LogP contribution in [-0.2, 0) is 4.74 Å². The molecule has 0 aliphatic carbocycles. The lowest BCUT2D eigenvalue weighted by atomic mass is 10.1. The number of carbonyl (C=O) groups is 1. The van der Waals surface area contributed by atoms with Gasteiger partial charge in [0, 0.05) is 35.6 Å². The highest BCUT2D eigenvalue weighted by molar-refractivity contribution is 5.76. The van der Waals surface area contributed by atoms with Crippen LogP contribution in [0.3, 0.4) is 0 Å². The summed E-state index contributed by atoms with van der Waals surface area (Å²) in [6.07, 6.45) is 5.74. The number of rotatable bonds is 3. The molecule has 168 valence electrons. The smallest absolute Gasteiger partial charge is 0.410 e. The van der Waals surface area contributed by atoms with Gasteiger partial charge in [-0.05, 0) is 47.1 Å². The van der Waals surface area contributed by atoms with Crippen molar-refractivity contribution < 1.29 is 14.3 Å². The number of ether oxygens (including phenoxy) is 2. The first-order valence-corrected chi connectivity index (χ1v) is 10.6.